The number of para-hydroxylation sites is 2. The first kappa shape index (κ1) is 13.9. The van der Waals surface area contributed by atoms with E-state index in [4.69, 9.17) is 0 Å². The van der Waals surface area contributed by atoms with E-state index in [1.165, 1.54) is 27.4 Å². The molecular weight excluding hydrogens is 266 g/mol. The minimum absolute atomic E-state index is 0.654. The molecule has 1 heteroatoms. The highest BCUT2D eigenvalue weighted by Crippen LogP contribution is 2.52. The molecular formula is C21H25N. The molecule has 1 heterocycles. The SMILES string of the molecule is CC1C(C)C(C)C(c2cccc3c2[nH]c2ccccc23)C1C. The van der Waals surface area contributed by atoms with Crippen LogP contribution in [0.5, 0.6) is 0 Å². The third kappa shape index (κ3) is 1.78. The van der Waals surface area contributed by atoms with Crippen molar-refractivity contribution in [2.75, 3.05) is 0 Å². The average molecular weight is 291 g/mol. The standard InChI is InChI=1S/C21H25N/c1-12-13(2)15(4)20(14(12)3)18-10-7-9-17-16-8-5-6-11-19(16)22-21(17)18/h5-15,20,22H,1-4H3. The number of aromatic nitrogens is 1. The van der Waals surface area contributed by atoms with Crippen molar-refractivity contribution < 1.29 is 0 Å². The molecule has 0 spiro atoms. The molecule has 4 unspecified atom stereocenters. The predicted octanol–water partition coefficient (Wildman–Crippen LogP) is 5.96. The quantitative estimate of drug-likeness (QED) is 0.569. The minimum Gasteiger partial charge on any atom is -0.354 e. The molecule has 1 aliphatic carbocycles. The molecule has 2 aromatic carbocycles. The van der Waals surface area contributed by atoms with E-state index >= 15 is 0 Å². The first-order valence-electron chi connectivity index (χ1n) is 8.59. The highest BCUT2D eigenvalue weighted by molar-refractivity contribution is 6.08. The zero-order chi connectivity index (χ0) is 15.4. The number of hydrogen-bond acceptors (Lipinski definition) is 0. The second kappa shape index (κ2) is 4.87. The van der Waals surface area contributed by atoms with Gasteiger partial charge in [0.15, 0.2) is 0 Å². The van der Waals surface area contributed by atoms with Gasteiger partial charge in [0.05, 0.1) is 0 Å². The van der Waals surface area contributed by atoms with E-state index in [-0.39, 0.29) is 0 Å². The lowest BCUT2D eigenvalue weighted by atomic mass is 9.82. The van der Waals surface area contributed by atoms with E-state index in [9.17, 15) is 0 Å². The number of fused-ring (bicyclic) bond motifs is 3. The summed E-state index contributed by atoms with van der Waals surface area (Å²) >= 11 is 0. The van der Waals surface area contributed by atoms with Gasteiger partial charge in [-0.3, -0.25) is 0 Å². The van der Waals surface area contributed by atoms with E-state index in [0.717, 1.165) is 23.7 Å². The molecule has 0 aliphatic heterocycles. The third-order valence-corrected chi connectivity index (χ3v) is 6.55. The van der Waals surface area contributed by atoms with E-state index in [2.05, 4.69) is 75.1 Å². The van der Waals surface area contributed by atoms with Crippen LogP contribution in [0.1, 0.15) is 39.2 Å². The zero-order valence-corrected chi connectivity index (χ0v) is 13.9. The maximum Gasteiger partial charge on any atom is 0.0500 e. The Kier molecular flexibility index (Phi) is 3.07. The molecule has 1 saturated carbocycles. The van der Waals surface area contributed by atoms with Gasteiger partial charge in [-0.2, -0.15) is 0 Å². The Morgan fingerprint density at radius 2 is 1.32 bits per heavy atom. The first-order chi connectivity index (χ1) is 10.6. The second-order valence-corrected chi connectivity index (χ2v) is 7.40. The van der Waals surface area contributed by atoms with Gasteiger partial charge in [-0.05, 0) is 41.2 Å². The normalized spacial score (nSPS) is 32.1. The summed E-state index contributed by atoms with van der Waals surface area (Å²) in [4.78, 5) is 3.69. The van der Waals surface area contributed by atoms with Crippen molar-refractivity contribution >= 4 is 21.8 Å². The third-order valence-electron chi connectivity index (χ3n) is 6.55. The Hall–Kier alpha value is -1.76. The van der Waals surface area contributed by atoms with Crippen molar-refractivity contribution in [1.82, 2.24) is 4.98 Å². The van der Waals surface area contributed by atoms with Crippen LogP contribution < -0.4 is 0 Å². The molecule has 0 amide bonds. The van der Waals surface area contributed by atoms with Crippen molar-refractivity contribution in [3.63, 3.8) is 0 Å². The monoisotopic (exact) mass is 291 g/mol. The Morgan fingerprint density at radius 1 is 0.682 bits per heavy atom. The van der Waals surface area contributed by atoms with Crippen molar-refractivity contribution in [3.05, 3.63) is 48.0 Å². The van der Waals surface area contributed by atoms with E-state index in [1.54, 1.807) is 0 Å². The number of H-pyrrole nitrogens is 1. The van der Waals surface area contributed by atoms with Crippen LogP contribution in [0.4, 0.5) is 0 Å². The van der Waals surface area contributed by atoms with Crippen LogP contribution in [-0.2, 0) is 0 Å². The molecule has 4 rings (SSSR count). The van der Waals surface area contributed by atoms with Crippen LogP contribution in [0.2, 0.25) is 0 Å². The lowest BCUT2D eigenvalue weighted by Crippen LogP contribution is -2.11. The van der Waals surface area contributed by atoms with Crippen molar-refractivity contribution in [2.24, 2.45) is 23.7 Å². The predicted molar refractivity (Wildman–Crippen MR) is 95.2 cm³/mol. The number of rotatable bonds is 1. The zero-order valence-electron chi connectivity index (χ0n) is 13.9. The summed E-state index contributed by atoms with van der Waals surface area (Å²) in [7, 11) is 0. The van der Waals surface area contributed by atoms with Gasteiger partial charge < -0.3 is 4.98 Å². The van der Waals surface area contributed by atoms with Crippen LogP contribution in [0.25, 0.3) is 21.8 Å². The fraction of sp³-hybridized carbons (Fsp3) is 0.429. The average Bonchev–Trinajstić information content (AvgIpc) is 3.00. The van der Waals surface area contributed by atoms with Gasteiger partial charge >= 0.3 is 0 Å². The van der Waals surface area contributed by atoms with Crippen molar-refractivity contribution in [1.29, 1.82) is 0 Å². The second-order valence-electron chi connectivity index (χ2n) is 7.40. The number of benzene rings is 2. The smallest absolute Gasteiger partial charge is 0.0500 e. The van der Waals surface area contributed by atoms with Crippen molar-refractivity contribution in [2.45, 2.75) is 33.6 Å². The highest BCUT2D eigenvalue weighted by Gasteiger charge is 2.42. The van der Waals surface area contributed by atoms with Crippen molar-refractivity contribution in [3.8, 4) is 0 Å². The fourth-order valence-corrected chi connectivity index (χ4v) is 4.83. The molecule has 0 radical (unpaired) electrons. The molecule has 1 nitrogen and oxygen atoms in total. The van der Waals surface area contributed by atoms with Gasteiger partial charge in [0.1, 0.15) is 0 Å². The van der Waals surface area contributed by atoms with Gasteiger partial charge in [0, 0.05) is 21.8 Å². The van der Waals surface area contributed by atoms with E-state index < -0.39 is 0 Å². The summed E-state index contributed by atoms with van der Waals surface area (Å²) in [5.41, 5.74) is 4.13. The summed E-state index contributed by atoms with van der Waals surface area (Å²) < 4.78 is 0. The van der Waals surface area contributed by atoms with E-state index in [1.807, 2.05) is 0 Å². The topological polar surface area (TPSA) is 15.8 Å². The van der Waals surface area contributed by atoms with E-state index in [0.29, 0.717) is 5.92 Å². The molecule has 22 heavy (non-hydrogen) atoms. The lowest BCUT2D eigenvalue weighted by molar-refractivity contribution is 0.352. The molecule has 4 atom stereocenters. The van der Waals surface area contributed by atoms with Gasteiger partial charge in [-0.25, -0.2) is 0 Å². The lowest BCUT2D eigenvalue weighted by Gasteiger charge is -2.22. The van der Waals surface area contributed by atoms with Crippen LogP contribution >= 0.6 is 0 Å². The first-order valence-corrected chi connectivity index (χ1v) is 8.59. The molecule has 1 N–H and O–H groups in total. The molecule has 1 aromatic heterocycles. The summed E-state index contributed by atoms with van der Waals surface area (Å²) in [6, 6.07) is 15.5. The maximum absolute atomic E-state index is 3.69. The van der Waals surface area contributed by atoms with Crippen LogP contribution in [0.3, 0.4) is 0 Å². The Morgan fingerprint density at radius 3 is 2.05 bits per heavy atom. The number of nitrogens with one attached hydrogen (secondary N) is 1. The Labute approximate surface area is 132 Å². The molecule has 114 valence electrons. The summed E-state index contributed by atoms with van der Waals surface area (Å²) in [5, 5.41) is 2.72. The maximum atomic E-state index is 3.69. The van der Waals surface area contributed by atoms with Gasteiger partial charge in [-0.1, -0.05) is 64.1 Å². The molecule has 0 bridgehead atoms. The number of aromatic amines is 1. The van der Waals surface area contributed by atoms with Gasteiger partial charge in [0.25, 0.3) is 0 Å². The molecule has 0 saturated heterocycles. The molecule has 1 fully saturated rings. The van der Waals surface area contributed by atoms with Gasteiger partial charge in [0.2, 0.25) is 0 Å². The Bertz CT molecular complexity index is 814. The van der Waals surface area contributed by atoms with Crippen LogP contribution in [0.15, 0.2) is 42.5 Å². The van der Waals surface area contributed by atoms with Crippen LogP contribution in [0, 0.1) is 23.7 Å². The summed E-state index contributed by atoms with van der Waals surface area (Å²) in [5.74, 6) is 3.71. The number of hydrogen-bond donors (Lipinski definition) is 1. The summed E-state index contributed by atoms with van der Waals surface area (Å²) in [6.07, 6.45) is 0. The largest absolute Gasteiger partial charge is 0.354 e. The minimum atomic E-state index is 0.654. The highest BCUT2D eigenvalue weighted by atomic mass is 14.7. The fourth-order valence-electron chi connectivity index (χ4n) is 4.83. The Balaban J connectivity index is 1.96. The molecule has 1 aliphatic rings. The molecule has 3 aromatic rings. The summed E-state index contributed by atoms with van der Waals surface area (Å²) in [6.45, 7) is 9.74. The van der Waals surface area contributed by atoms with Crippen LogP contribution in [-0.4, -0.2) is 4.98 Å². The van der Waals surface area contributed by atoms with Gasteiger partial charge in [-0.15, -0.1) is 0 Å².